The topological polar surface area (TPSA) is 58.9 Å². The second-order valence-corrected chi connectivity index (χ2v) is 4.80. The van der Waals surface area contributed by atoms with E-state index in [9.17, 15) is 10.1 Å². The molecule has 0 saturated heterocycles. The monoisotopic (exact) mass is 252 g/mol. The molecule has 0 aliphatic carbocycles. The van der Waals surface area contributed by atoms with Gasteiger partial charge in [-0.3, -0.25) is 10.1 Å². The van der Waals surface area contributed by atoms with E-state index in [1.165, 1.54) is 12.8 Å². The van der Waals surface area contributed by atoms with Gasteiger partial charge >= 0.3 is 0 Å². The van der Waals surface area contributed by atoms with Gasteiger partial charge in [-0.2, -0.15) is 0 Å². The summed E-state index contributed by atoms with van der Waals surface area (Å²) in [5.41, 5.74) is 2.29. The number of aromatic amines is 1. The highest BCUT2D eigenvalue weighted by molar-refractivity contribution is 5.43. The highest BCUT2D eigenvalue weighted by atomic mass is 16.6. The molecular formula is C14H24N2O2. The Balaban J connectivity index is 2.72. The van der Waals surface area contributed by atoms with E-state index in [0.29, 0.717) is 0 Å². The van der Waals surface area contributed by atoms with Crippen LogP contribution in [0.2, 0.25) is 0 Å². The van der Waals surface area contributed by atoms with Crippen LogP contribution in [0.3, 0.4) is 0 Å². The second-order valence-electron chi connectivity index (χ2n) is 4.80. The van der Waals surface area contributed by atoms with Crippen LogP contribution < -0.4 is 0 Å². The van der Waals surface area contributed by atoms with Gasteiger partial charge in [0.2, 0.25) is 0 Å². The molecule has 0 aliphatic heterocycles. The Morgan fingerprint density at radius 2 is 1.72 bits per heavy atom. The first-order valence-corrected chi connectivity index (χ1v) is 7.04. The highest BCUT2D eigenvalue weighted by Gasteiger charge is 2.19. The molecule has 0 amide bonds. The molecule has 1 N–H and O–H groups in total. The molecular weight excluding hydrogens is 228 g/mol. The summed E-state index contributed by atoms with van der Waals surface area (Å²) in [6.07, 6.45) is 10.1. The van der Waals surface area contributed by atoms with Crippen molar-refractivity contribution < 1.29 is 4.92 Å². The van der Waals surface area contributed by atoms with Crippen LogP contribution in [0, 0.1) is 10.1 Å². The number of nitrogens with zero attached hydrogens (tertiary/aromatic N) is 1. The summed E-state index contributed by atoms with van der Waals surface area (Å²) < 4.78 is 0. The van der Waals surface area contributed by atoms with Gasteiger partial charge in [0.05, 0.1) is 16.7 Å². The summed E-state index contributed by atoms with van der Waals surface area (Å²) in [5.74, 6) is 0. The van der Waals surface area contributed by atoms with Gasteiger partial charge in [0.15, 0.2) is 0 Å². The van der Waals surface area contributed by atoms with Crippen LogP contribution in [0.25, 0.3) is 0 Å². The molecule has 0 atom stereocenters. The van der Waals surface area contributed by atoms with Crippen molar-refractivity contribution in [3.63, 3.8) is 0 Å². The maximum atomic E-state index is 11.0. The van der Waals surface area contributed by atoms with E-state index in [4.69, 9.17) is 0 Å². The third-order valence-electron chi connectivity index (χ3n) is 3.31. The summed E-state index contributed by atoms with van der Waals surface area (Å²) in [4.78, 5) is 13.8. The molecule has 18 heavy (non-hydrogen) atoms. The zero-order valence-corrected chi connectivity index (χ0v) is 11.5. The number of nitro groups is 1. The normalized spacial score (nSPS) is 10.8. The number of H-pyrrole nitrogens is 1. The fourth-order valence-corrected chi connectivity index (χ4v) is 2.25. The number of unbranched alkanes of at least 4 members (excludes halogenated alkanes) is 4. The van der Waals surface area contributed by atoms with Crippen LogP contribution in [0.1, 0.15) is 63.6 Å². The number of hydrogen-bond acceptors (Lipinski definition) is 2. The Bertz CT molecular complexity index is 372. The lowest BCUT2D eigenvalue weighted by Gasteiger charge is -2.03. The Morgan fingerprint density at radius 3 is 2.28 bits per heavy atom. The van der Waals surface area contributed by atoms with E-state index in [0.717, 1.165) is 49.8 Å². The molecule has 0 aliphatic rings. The van der Waals surface area contributed by atoms with Crippen LogP contribution >= 0.6 is 0 Å². The van der Waals surface area contributed by atoms with E-state index >= 15 is 0 Å². The summed E-state index contributed by atoms with van der Waals surface area (Å²) in [7, 11) is 0. The number of hydrogen-bond donors (Lipinski definition) is 1. The molecule has 0 spiro atoms. The minimum atomic E-state index is -0.263. The molecule has 1 aromatic rings. The highest BCUT2D eigenvalue weighted by Crippen LogP contribution is 2.25. The summed E-state index contributed by atoms with van der Waals surface area (Å²) in [6.45, 7) is 4.31. The summed E-state index contributed by atoms with van der Waals surface area (Å²) in [5, 5.41) is 11.0. The van der Waals surface area contributed by atoms with Gasteiger partial charge in [-0.15, -0.1) is 0 Å². The molecule has 102 valence electrons. The van der Waals surface area contributed by atoms with E-state index in [1.807, 2.05) is 0 Å². The lowest BCUT2D eigenvalue weighted by Crippen LogP contribution is -1.97. The standard InChI is InChI=1S/C14H24N2O2/c1-3-5-7-9-12-13(10-8-6-4-2)15-11-14(12)16(17)18/h11,15H,3-10H2,1-2H3. The quantitative estimate of drug-likeness (QED) is 0.402. The van der Waals surface area contributed by atoms with Crippen molar-refractivity contribution in [2.45, 2.75) is 65.2 Å². The fourth-order valence-electron chi connectivity index (χ4n) is 2.25. The molecule has 0 unspecified atom stereocenters. The van der Waals surface area contributed by atoms with Crippen molar-refractivity contribution in [2.75, 3.05) is 0 Å². The third kappa shape index (κ3) is 4.17. The van der Waals surface area contributed by atoms with Crippen LogP contribution in [-0.4, -0.2) is 9.91 Å². The molecule has 4 heteroatoms. The van der Waals surface area contributed by atoms with Crippen molar-refractivity contribution in [1.82, 2.24) is 4.98 Å². The van der Waals surface area contributed by atoms with Crippen molar-refractivity contribution in [3.05, 3.63) is 27.6 Å². The SMILES string of the molecule is CCCCCc1[nH]cc([N+](=O)[O-])c1CCCCC. The molecule has 0 aromatic carbocycles. The number of aryl methyl sites for hydroxylation is 1. The van der Waals surface area contributed by atoms with Gasteiger partial charge < -0.3 is 4.98 Å². The van der Waals surface area contributed by atoms with Gasteiger partial charge in [-0.25, -0.2) is 0 Å². The van der Waals surface area contributed by atoms with Crippen molar-refractivity contribution in [3.8, 4) is 0 Å². The first-order valence-electron chi connectivity index (χ1n) is 7.04. The van der Waals surface area contributed by atoms with Gasteiger partial charge in [0, 0.05) is 5.69 Å². The smallest absolute Gasteiger partial charge is 0.290 e. The molecule has 1 rings (SSSR count). The van der Waals surface area contributed by atoms with E-state index in [2.05, 4.69) is 18.8 Å². The van der Waals surface area contributed by atoms with Gasteiger partial charge in [-0.1, -0.05) is 39.5 Å². The maximum absolute atomic E-state index is 11.0. The number of rotatable bonds is 9. The fraction of sp³-hybridized carbons (Fsp3) is 0.714. The van der Waals surface area contributed by atoms with Crippen LogP contribution in [0.4, 0.5) is 5.69 Å². The van der Waals surface area contributed by atoms with Crippen molar-refractivity contribution in [2.24, 2.45) is 0 Å². The first kappa shape index (κ1) is 14.7. The van der Waals surface area contributed by atoms with Gasteiger partial charge in [0.1, 0.15) is 0 Å². The molecule has 0 bridgehead atoms. The minimum absolute atomic E-state index is 0.263. The van der Waals surface area contributed by atoms with Crippen molar-refractivity contribution in [1.29, 1.82) is 0 Å². The predicted octanol–water partition coefficient (Wildman–Crippen LogP) is 4.39. The Hall–Kier alpha value is -1.32. The Morgan fingerprint density at radius 1 is 1.11 bits per heavy atom. The van der Waals surface area contributed by atoms with Crippen LogP contribution in [-0.2, 0) is 12.8 Å². The first-order chi connectivity index (χ1) is 8.70. The lowest BCUT2D eigenvalue weighted by molar-refractivity contribution is -0.385. The average Bonchev–Trinajstić information content (AvgIpc) is 2.73. The van der Waals surface area contributed by atoms with E-state index in [1.54, 1.807) is 6.20 Å². The molecule has 1 heterocycles. The molecule has 1 aromatic heterocycles. The van der Waals surface area contributed by atoms with Crippen molar-refractivity contribution >= 4 is 5.69 Å². The van der Waals surface area contributed by atoms with E-state index < -0.39 is 0 Å². The molecule has 0 saturated carbocycles. The molecule has 0 fully saturated rings. The van der Waals surface area contributed by atoms with Gasteiger partial charge in [-0.05, 0) is 25.7 Å². The minimum Gasteiger partial charge on any atom is -0.359 e. The zero-order valence-electron chi connectivity index (χ0n) is 11.5. The number of nitrogens with one attached hydrogen (secondary N) is 1. The summed E-state index contributed by atoms with van der Waals surface area (Å²) in [6, 6.07) is 0. The van der Waals surface area contributed by atoms with Gasteiger partial charge in [0.25, 0.3) is 5.69 Å². The lowest BCUT2D eigenvalue weighted by atomic mass is 10.0. The molecule has 0 radical (unpaired) electrons. The Labute approximate surface area is 109 Å². The Kier molecular flexibility index (Phi) is 6.47. The largest absolute Gasteiger partial charge is 0.359 e. The number of aromatic nitrogens is 1. The van der Waals surface area contributed by atoms with Crippen LogP contribution in [0.5, 0.6) is 0 Å². The maximum Gasteiger partial charge on any atom is 0.290 e. The predicted molar refractivity (Wildman–Crippen MR) is 73.9 cm³/mol. The van der Waals surface area contributed by atoms with E-state index in [-0.39, 0.29) is 10.6 Å². The molecule has 4 nitrogen and oxygen atoms in total. The van der Waals surface area contributed by atoms with Crippen LogP contribution in [0.15, 0.2) is 6.20 Å². The zero-order chi connectivity index (χ0) is 13.4. The third-order valence-corrected chi connectivity index (χ3v) is 3.31. The second kappa shape index (κ2) is 7.90. The summed E-state index contributed by atoms with van der Waals surface area (Å²) >= 11 is 0. The average molecular weight is 252 g/mol.